The first-order chi connectivity index (χ1) is 43.7. The Kier molecular flexibility index (Phi) is 12.6. The molecule has 8 heterocycles. The second kappa shape index (κ2) is 19.8. The molecule has 13 heteroatoms. The maximum atomic E-state index is 7.44. The van der Waals surface area contributed by atoms with Crippen LogP contribution in [0.5, 0.6) is 23.0 Å². The number of fused-ring (bicyclic) bond motifs is 16. The van der Waals surface area contributed by atoms with Crippen molar-refractivity contribution >= 4 is 192 Å². The topological polar surface area (TPSA) is 31.4 Å². The number of thiophene rings is 2. The number of rotatable bonds is 4. The van der Waals surface area contributed by atoms with E-state index in [0.717, 1.165) is 34.4 Å². The predicted octanol–water partition coefficient (Wildman–Crippen LogP) is 17.0. The second-order valence-electron chi connectivity index (χ2n) is 30.8. The van der Waals surface area contributed by atoms with Gasteiger partial charge in [-0.15, -0.1) is 22.7 Å². The van der Waals surface area contributed by atoms with Crippen LogP contribution in [0.15, 0.2) is 146 Å². The van der Waals surface area contributed by atoms with Crippen LogP contribution in [0.1, 0.15) is 122 Å². The van der Waals surface area contributed by atoms with E-state index in [1.54, 1.807) is 11.9 Å². The highest BCUT2D eigenvalue weighted by Gasteiger charge is 2.51. The maximum absolute atomic E-state index is 7.44. The summed E-state index contributed by atoms with van der Waals surface area (Å²) in [5.74, 6) is 3.89. The van der Waals surface area contributed by atoms with Crippen molar-refractivity contribution in [3.63, 3.8) is 0 Å². The predicted molar refractivity (Wildman–Crippen MR) is 407 cm³/mol. The molecule has 0 saturated heterocycles. The van der Waals surface area contributed by atoms with Gasteiger partial charge in [0.15, 0.2) is 0 Å². The van der Waals surface area contributed by atoms with Crippen molar-refractivity contribution in [1.29, 1.82) is 0 Å². The molecule has 0 unspecified atom stereocenters. The smallest absolute Gasteiger partial charge is 0.268 e. The Balaban J connectivity index is 0.973. The SMILES string of the molecule is CSN1c2cc3c(cc2B2c4sc5ccc(C(C)(C)C)cc5c4Oc4cc(C)cc1c42)B1c2cc4c(cc2N(SC)c2cc(C)cc(c21)N3c1ccc(C(C)(C)C)cc1)N(c1ccc(C(C)(C)C)cc1)c1cc(C)cc2c1B4c1sc3ccc(C(C)(C)C)cc3c1O2. The maximum Gasteiger partial charge on any atom is 0.268 e. The van der Waals surface area contributed by atoms with Crippen LogP contribution in [-0.4, -0.2) is 32.6 Å². The monoisotopic (exact) mass is 1270 g/mol. The third-order valence-electron chi connectivity index (χ3n) is 20.5. The Bertz CT molecular complexity index is 5040. The van der Waals surface area contributed by atoms with E-state index in [-0.39, 0.29) is 41.8 Å². The van der Waals surface area contributed by atoms with E-state index < -0.39 is 0 Å². The van der Waals surface area contributed by atoms with Gasteiger partial charge in [0.05, 0.1) is 11.4 Å². The van der Waals surface area contributed by atoms with E-state index in [2.05, 4.69) is 280 Å². The summed E-state index contributed by atoms with van der Waals surface area (Å²) in [6.07, 6.45) is 4.50. The van der Waals surface area contributed by atoms with Gasteiger partial charge in [-0.3, -0.25) is 8.61 Å². The molecule has 0 spiro atoms. The molecular weight excluding hydrogens is 1200 g/mol. The van der Waals surface area contributed by atoms with Gasteiger partial charge in [0.2, 0.25) is 0 Å². The summed E-state index contributed by atoms with van der Waals surface area (Å²) < 4.78 is 24.9. The fourth-order valence-corrected chi connectivity index (χ4v) is 19.7. The zero-order valence-corrected chi connectivity index (χ0v) is 59.1. The summed E-state index contributed by atoms with van der Waals surface area (Å²) in [4.78, 5) is 5.19. The zero-order chi connectivity index (χ0) is 63.9. The minimum absolute atomic E-state index is 0.00699. The van der Waals surface area contributed by atoms with Crippen LogP contribution in [0.25, 0.3) is 20.2 Å². The third kappa shape index (κ3) is 8.48. The van der Waals surface area contributed by atoms with Crippen LogP contribution >= 0.6 is 46.6 Å². The van der Waals surface area contributed by atoms with Crippen molar-refractivity contribution < 1.29 is 9.47 Å². The van der Waals surface area contributed by atoms with E-state index in [0.29, 0.717) is 0 Å². The molecule has 9 aromatic carbocycles. The lowest BCUT2D eigenvalue weighted by atomic mass is 9.30. The highest BCUT2D eigenvalue weighted by Crippen LogP contribution is 2.52. The first-order valence-corrected chi connectivity index (χ1v) is 36.5. The van der Waals surface area contributed by atoms with E-state index >= 15 is 0 Å². The molecule has 17 rings (SSSR count). The number of hydrogen-bond acceptors (Lipinski definition) is 10. The van der Waals surface area contributed by atoms with Gasteiger partial charge in [-0.25, -0.2) is 0 Å². The summed E-state index contributed by atoms with van der Waals surface area (Å²) in [7, 11) is 0. The lowest BCUT2D eigenvalue weighted by molar-refractivity contribution is 0.494. The summed E-state index contributed by atoms with van der Waals surface area (Å²) in [6, 6.07) is 57.9. The lowest BCUT2D eigenvalue weighted by Gasteiger charge is -2.46. The molecular formula is C79H75B3N4O2S4. The summed E-state index contributed by atoms with van der Waals surface area (Å²) in [5, 5.41) is 2.39. The first kappa shape index (κ1) is 58.4. The van der Waals surface area contributed by atoms with Crippen molar-refractivity contribution in [3.05, 3.63) is 185 Å². The van der Waals surface area contributed by atoms with Gasteiger partial charge >= 0.3 is 0 Å². The lowest BCUT2D eigenvalue weighted by Crippen LogP contribution is -2.65. The molecule has 92 heavy (non-hydrogen) atoms. The van der Waals surface area contributed by atoms with Gasteiger partial charge in [0.1, 0.15) is 23.0 Å². The van der Waals surface area contributed by atoms with Crippen molar-refractivity contribution in [2.75, 3.05) is 30.9 Å². The van der Waals surface area contributed by atoms with Crippen molar-refractivity contribution in [1.82, 2.24) is 0 Å². The number of nitrogens with zero attached hydrogens (tertiary/aromatic N) is 4. The molecule has 456 valence electrons. The summed E-state index contributed by atoms with van der Waals surface area (Å²) in [5.41, 5.74) is 29.7. The van der Waals surface area contributed by atoms with Gasteiger partial charge in [-0.05, 0) is 241 Å². The van der Waals surface area contributed by atoms with Crippen LogP contribution in [0.3, 0.4) is 0 Å². The van der Waals surface area contributed by atoms with Crippen molar-refractivity contribution in [2.45, 2.75) is 126 Å². The summed E-state index contributed by atoms with van der Waals surface area (Å²) in [6.45, 7) is 34.2. The van der Waals surface area contributed by atoms with E-state index in [1.165, 1.54) is 152 Å². The molecule has 0 radical (unpaired) electrons. The minimum atomic E-state index is -0.151. The molecule has 0 fully saturated rings. The quantitative estimate of drug-likeness (QED) is 0.127. The van der Waals surface area contributed by atoms with Gasteiger partial charge in [-0.1, -0.05) is 132 Å². The van der Waals surface area contributed by atoms with Crippen molar-refractivity contribution in [2.24, 2.45) is 0 Å². The normalized spacial score (nSPS) is 14.9. The second-order valence-corrected chi connectivity index (χ2v) is 34.4. The third-order valence-corrected chi connectivity index (χ3v) is 24.4. The van der Waals surface area contributed by atoms with Crippen LogP contribution in [0, 0.1) is 20.8 Å². The highest BCUT2D eigenvalue weighted by atomic mass is 32.2. The summed E-state index contributed by atoms with van der Waals surface area (Å²) >= 11 is 7.41. The van der Waals surface area contributed by atoms with E-state index in [1.807, 2.05) is 34.6 Å². The molecule has 0 amide bonds. The van der Waals surface area contributed by atoms with Crippen LogP contribution < -0.4 is 75.7 Å². The van der Waals surface area contributed by atoms with Gasteiger partial charge in [0.25, 0.3) is 20.1 Å². The molecule has 0 aliphatic carbocycles. The molecule has 2 aromatic heterocycles. The van der Waals surface area contributed by atoms with E-state index in [9.17, 15) is 0 Å². The highest BCUT2D eigenvalue weighted by molar-refractivity contribution is 8.00. The molecule has 6 aliphatic rings. The molecule has 6 aliphatic heterocycles. The van der Waals surface area contributed by atoms with Gasteiger partial charge in [0, 0.05) is 87.7 Å². The Hall–Kier alpha value is -7.41. The Morgan fingerprint density at radius 2 is 0.696 bits per heavy atom. The number of benzene rings is 9. The minimum Gasteiger partial charge on any atom is -0.457 e. The van der Waals surface area contributed by atoms with Crippen molar-refractivity contribution in [3.8, 4) is 23.0 Å². The molecule has 6 nitrogen and oxygen atoms in total. The van der Waals surface area contributed by atoms with Gasteiger partial charge in [-0.2, -0.15) is 0 Å². The Morgan fingerprint density at radius 3 is 1.12 bits per heavy atom. The van der Waals surface area contributed by atoms with Crippen LogP contribution in [0.4, 0.5) is 56.9 Å². The number of ether oxygens (including phenoxy) is 2. The number of anilines is 10. The molecule has 0 saturated carbocycles. The largest absolute Gasteiger partial charge is 0.457 e. The van der Waals surface area contributed by atoms with E-state index in [4.69, 9.17) is 9.47 Å². The zero-order valence-electron chi connectivity index (χ0n) is 55.8. The number of aryl methyl sites for hydroxylation is 3. The standard InChI is InChI=1S/C79H75B3N4O2S4/c1-42-30-61-69-63(32-42)85(89-16)59-41-58-54(81-70-62(84(58)50-26-20-46(21-27-50)77(7,8)9)31-43(2)34-65(70)87-72-51-36-47(78(10,11)12)22-28-67(51)91-74(72)81)39-55(59)80(69)53-38-56-60(40-57(53)83(61)49-24-18-45(19-25-49)76(4,5)6)86(90-17)64-33-44(3)35-66-71(64)82(56)75-73(88-66)52-37-48(79(13,14)15)23-29-68(52)92-75/h18-41H,1-17H3. The molecule has 0 N–H and O–H groups in total. The Labute approximate surface area is 560 Å². The van der Waals surface area contributed by atoms with Gasteiger partial charge < -0.3 is 19.3 Å². The average molecular weight is 1270 g/mol. The molecule has 0 bridgehead atoms. The molecule has 0 atom stereocenters. The fourth-order valence-electron chi connectivity index (χ4n) is 15.8. The fraction of sp³-hybridized carbons (Fsp3) is 0.266. The molecule has 11 aromatic rings. The Morgan fingerprint density at radius 1 is 0.348 bits per heavy atom. The first-order valence-electron chi connectivity index (χ1n) is 32.5. The number of hydrogen-bond donors (Lipinski definition) is 0. The average Bonchev–Trinajstić information content (AvgIpc) is 0.917. The van der Waals surface area contributed by atoms with Crippen LogP contribution in [0.2, 0.25) is 0 Å². The van der Waals surface area contributed by atoms with Crippen LogP contribution in [-0.2, 0) is 21.7 Å².